The van der Waals surface area contributed by atoms with E-state index in [2.05, 4.69) is 30.5 Å². The molecule has 34 heavy (non-hydrogen) atoms. The van der Waals surface area contributed by atoms with E-state index in [9.17, 15) is 9.90 Å². The molecule has 1 saturated heterocycles. The van der Waals surface area contributed by atoms with Crippen LogP contribution in [0.25, 0.3) is 22.8 Å². The molecule has 0 aromatic carbocycles. The summed E-state index contributed by atoms with van der Waals surface area (Å²) < 4.78 is 7.09. The number of rotatable bonds is 6. The van der Waals surface area contributed by atoms with Gasteiger partial charge >= 0.3 is 0 Å². The third kappa shape index (κ3) is 3.90. The Kier molecular flexibility index (Phi) is 5.33. The highest BCUT2D eigenvalue weighted by Crippen LogP contribution is 2.34. The summed E-state index contributed by atoms with van der Waals surface area (Å²) >= 11 is 0. The highest BCUT2D eigenvalue weighted by Gasteiger charge is 2.48. The van der Waals surface area contributed by atoms with Crippen molar-refractivity contribution in [1.29, 1.82) is 0 Å². The normalized spacial score (nSPS) is 18.9. The van der Waals surface area contributed by atoms with Gasteiger partial charge in [0.15, 0.2) is 5.76 Å². The van der Waals surface area contributed by atoms with Crippen molar-refractivity contribution in [1.82, 2.24) is 34.8 Å². The summed E-state index contributed by atoms with van der Waals surface area (Å²) in [5.41, 5.74) is 1.38. The van der Waals surface area contributed by atoms with Crippen molar-refractivity contribution in [3.63, 3.8) is 0 Å². The summed E-state index contributed by atoms with van der Waals surface area (Å²) in [5, 5.41) is 22.5. The van der Waals surface area contributed by atoms with Crippen molar-refractivity contribution in [2.75, 3.05) is 18.9 Å². The van der Waals surface area contributed by atoms with Crippen molar-refractivity contribution in [2.45, 2.75) is 25.0 Å². The van der Waals surface area contributed by atoms with E-state index in [0.29, 0.717) is 35.3 Å². The fourth-order valence-corrected chi connectivity index (χ4v) is 3.90. The van der Waals surface area contributed by atoms with Crippen LogP contribution in [-0.4, -0.2) is 59.4 Å². The smallest absolute Gasteiger partial charge is 0.262 e. The first kappa shape index (κ1) is 21.7. The van der Waals surface area contributed by atoms with Crippen molar-refractivity contribution in [3.05, 3.63) is 60.2 Å². The van der Waals surface area contributed by atoms with Gasteiger partial charge in [-0.15, -0.1) is 0 Å². The molecule has 5 rings (SSSR count). The first-order chi connectivity index (χ1) is 16.3. The lowest BCUT2D eigenvalue weighted by atomic mass is 9.98. The van der Waals surface area contributed by atoms with Crippen LogP contribution in [0.15, 0.2) is 53.3 Å². The number of pyridine rings is 1. The van der Waals surface area contributed by atoms with Gasteiger partial charge in [-0.2, -0.15) is 5.10 Å². The zero-order valence-electron chi connectivity index (χ0n) is 19.0. The van der Waals surface area contributed by atoms with Gasteiger partial charge in [-0.05, 0) is 31.2 Å². The molecule has 1 aliphatic rings. The van der Waals surface area contributed by atoms with E-state index in [-0.39, 0.29) is 18.2 Å². The number of amides is 1. The first-order valence-electron chi connectivity index (χ1n) is 10.9. The number of aliphatic hydroxyl groups is 1. The fraction of sp³-hybridized carbons (Fsp3) is 0.304. The van der Waals surface area contributed by atoms with Crippen LogP contribution in [0.3, 0.4) is 0 Å². The number of likely N-dealkylation sites (tertiary alicyclic amines) is 1. The molecule has 0 radical (unpaired) electrons. The topological polar surface area (TPSA) is 135 Å². The Morgan fingerprint density at radius 1 is 1.12 bits per heavy atom. The van der Waals surface area contributed by atoms with E-state index in [1.807, 2.05) is 38.4 Å². The van der Waals surface area contributed by atoms with Crippen molar-refractivity contribution >= 4 is 11.9 Å². The zero-order valence-corrected chi connectivity index (χ0v) is 19.0. The lowest BCUT2D eigenvalue weighted by molar-refractivity contribution is -0.144. The second kappa shape index (κ2) is 8.34. The summed E-state index contributed by atoms with van der Waals surface area (Å²) in [6.45, 7) is 2.43. The zero-order chi connectivity index (χ0) is 23.9. The number of aryl methyl sites for hydroxylation is 1. The molecule has 0 spiro atoms. The molecule has 1 fully saturated rings. The van der Waals surface area contributed by atoms with Gasteiger partial charge in [0.2, 0.25) is 11.5 Å². The molecule has 2 N–H and O–H groups in total. The lowest BCUT2D eigenvalue weighted by Gasteiger charge is -2.16. The molecule has 1 amide bonds. The van der Waals surface area contributed by atoms with Crippen molar-refractivity contribution in [3.8, 4) is 22.8 Å². The number of nitrogens with one attached hydrogen (secondary N) is 1. The minimum Gasteiger partial charge on any atom is -0.373 e. The number of nitrogens with zero attached hydrogens (tertiary/aromatic N) is 7. The summed E-state index contributed by atoms with van der Waals surface area (Å²) in [6.07, 6.45) is 3.79. The monoisotopic (exact) mass is 460 g/mol. The molecule has 0 bridgehead atoms. The van der Waals surface area contributed by atoms with E-state index in [1.165, 1.54) is 4.90 Å². The van der Waals surface area contributed by atoms with Gasteiger partial charge in [0.05, 0.1) is 28.8 Å². The number of carbonyl (C=O) groups excluding carboxylic acids is 1. The van der Waals surface area contributed by atoms with Crippen LogP contribution in [0.2, 0.25) is 0 Å². The maximum absolute atomic E-state index is 12.4. The summed E-state index contributed by atoms with van der Waals surface area (Å²) in [6, 6.07) is 10.6. The molecule has 4 aromatic heterocycles. The van der Waals surface area contributed by atoms with E-state index < -0.39 is 11.5 Å². The maximum Gasteiger partial charge on any atom is 0.262 e. The van der Waals surface area contributed by atoms with Gasteiger partial charge in [0.1, 0.15) is 5.69 Å². The van der Waals surface area contributed by atoms with E-state index in [4.69, 9.17) is 4.52 Å². The van der Waals surface area contributed by atoms with E-state index in [0.717, 1.165) is 5.69 Å². The Morgan fingerprint density at radius 2 is 1.88 bits per heavy atom. The maximum atomic E-state index is 12.4. The van der Waals surface area contributed by atoms with Gasteiger partial charge in [0.25, 0.3) is 5.91 Å². The summed E-state index contributed by atoms with van der Waals surface area (Å²) in [5.74, 6) is 0.164. The molecular weight excluding hydrogens is 436 g/mol. The third-order valence-electron chi connectivity index (χ3n) is 5.88. The van der Waals surface area contributed by atoms with Crippen LogP contribution >= 0.6 is 0 Å². The molecule has 11 heteroatoms. The molecule has 0 aliphatic carbocycles. The Morgan fingerprint density at radius 3 is 2.59 bits per heavy atom. The van der Waals surface area contributed by atoms with Gasteiger partial charge in [0, 0.05) is 45.5 Å². The third-order valence-corrected chi connectivity index (χ3v) is 5.88. The Balaban J connectivity index is 1.38. The first-order valence-corrected chi connectivity index (χ1v) is 10.9. The van der Waals surface area contributed by atoms with Crippen LogP contribution in [-0.2, 0) is 17.4 Å². The summed E-state index contributed by atoms with van der Waals surface area (Å²) in [4.78, 5) is 27.4. The SMILES string of the molecule is C[C@@H](Nc1nccc(-c2cccc(-c3cc(C4(O)CCN(C)C4=O)on3)n2)n1)c1ccn(C)n1. The van der Waals surface area contributed by atoms with Gasteiger partial charge in [-0.1, -0.05) is 11.2 Å². The molecule has 174 valence electrons. The summed E-state index contributed by atoms with van der Waals surface area (Å²) in [7, 11) is 3.51. The fourth-order valence-electron chi connectivity index (χ4n) is 3.90. The predicted octanol–water partition coefficient (Wildman–Crippen LogP) is 2.15. The van der Waals surface area contributed by atoms with Crippen LogP contribution in [0.1, 0.15) is 30.8 Å². The molecule has 2 atom stereocenters. The van der Waals surface area contributed by atoms with Crippen LogP contribution < -0.4 is 5.32 Å². The molecule has 4 aromatic rings. The largest absolute Gasteiger partial charge is 0.373 e. The number of carbonyl (C=O) groups is 1. The standard InChI is InChI=1S/C23H24N8O3/c1-14(15-8-11-31(3)28-15)25-22-24-10-7-18(27-22)16-5-4-6-17(26-16)19-13-20(34-29-19)23(33)9-12-30(2)21(23)32/h4-8,10-11,13-14,33H,9,12H2,1-3H3,(H,24,25,27)/t14-,23?/m1/s1. The predicted molar refractivity (Wildman–Crippen MR) is 122 cm³/mol. The number of hydrogen-bond acceptors (Lipinski definition) is 9. The van der Waals surface area contributed by atoms with Gasteiger partial charge in [-0.3, -0.25) is 9.48 Å². The van der Waals surface area contributed by atoms with Gasteiger partial charge in [-0.25, -0.2) is 15.0 Å². The van der Waals surface area contributed by atoms with Crippen LogP contribution in [0, 0.1) is 0 Å². The highest BCUT2D eigenvalue weighted by molar-refractivity contribution is 5.87. The molecule has 1 unspecified atom stereocenters. The Hall–Kier alpha value is -4.12. The quantitative estimate of drug-likeness (QED) is 0.444. The average molecular weight is 460 g/mol. The minimum absolute atomic E-state index is 0.0764. The van der Waals surface area contributed by atoms with Crippen LogP contribution in [0.4, 0.5) is 5.95 Å². The van der Waals surface area contributed by atoms with E-state index in [1.54, 1.807) is 36.1 Å². The second-order valence-electron chi connectivity index (χ2n) is 8.37. The average Bonchev–Trinajstić information content (AvgIpc) is 3.57. The van der Waals surface area contributed by atoms with Gasteiger partial charge < -0.3 is 19.8 Å². The molecule has 0 saturated carbocycles. The number of likely N-dealkylation sites (N-methyl/N-ethyl adjacent to an activating group) is 1. The van der Waals surface area contributed by atoms with Crippen molar-refractivity contribution < 1.29 is 14.4 Å². The lowest BCUT2D eigenvalue weighted by Crippen LogP contribution is -2.35. The molecule has 1 aliphatic heterocycles. The number of anilines is 1. The highest BCUT2D eigenvalue weighted by atomic mass is 16.5. The Labute approximate surface area is 195 Å². The number of aromatic nitrogens is 6. The van der Waals surface area contributed by atoms with E-state index >= 15 is 0 Å². The molecular formula is C23H24N8O3. The minimum atomic E-state index is -1.70. The molecule has 11 nitrogen and oxygen atoms in total. The number of hydrogen-bond donors (Lipinski definition) is 2. The molecule has 5 heterocycles. The van der Waals surface area contributed by atoms with Crippen LogP contribution in [0.5, 0.6) is 0 Å². The second-order valence-corrected chi connectivity index (χ2v) is 8.37. The van der Waals surface area contributed by atoms with Crippen molar-refractivity contribution in [2.24, 2.45) is 7.05 Å². The Bertz CT molecular complexity index is 1350.